The first-order valence-electron chi connectivity index (χ1n) is 7.46. The third-order valence-electron chi connectivity index (χ3n) is 3.56. The molecule has 0 spiro atoms. The summed E-state index contributed by atoms with van der Waals surface area (Å²) in [7, 11) is 1.62. The third kappa shape index (κ3) is 4.77. The fourth-order valence-electron chi connectivity index (χ4n) is 2.32. The number of methoxy groups -OCH3 is 1. The van der Waals surface area contributed by atoms with E-state index in [4.69, 9.17) is 10.5 Å². The Morgan fingerprint density at radius 3 is 3.04 bits per heavy atom. The van der Waals surface area contributed by atoms with Gasteiger partial charge in [-0.2, -0.15) is 4.74 Å². The fraction of sp³-hybridized carbons (Fsp3) is 0.333. The lowest BCUT2D eigenvalue weighted by Crippen LogP contribution is -2.75. The molecule has 10 heteroatoms. The number of nitrogens with one attached hydrogen (secondary N) is 2. The number of ether oxygens (including phenoxy) is 1. The Morgan fingerprint density at radius 2 is 2.40 bits per heavy atom. The van der Waals surface area contributed by atoms with E-state index < -0.39 is 6.03 Å². The van der Waals surface area contributed by atoms with Crippen LogP contribution in [-0.4, -0.2) is 66.4 Å². The number of nitrogens with two attached hydrogens (primary N) is 1. The van der Waals surface area contributed by atoms with Gasteiger partial charge in [-0.3, -0.25) is 5.32 Å². The molecule has 25 heavy (non-hydrogen) atoms. The van der Waals surface area contributed by atoms with Crippen LogP contribution >= 0.6 is 15.9 Å². The smallest absolute Gasteiger partial charge is 0.324 e. The predicted octanol–water partition coefficient (Wildman–Crippen LogP) is -0.455. The van der Waals surface area contributed by atoms with Gasteiger partial charge in [0, 0.05) is 19.4 Å². The van der Waals surface area contributed by atoms with Crippen molar-refractivity contribution in [3.8, 4) is 0 Å². The minimum absolute atomic E-state index is 0.128. The molecule has 2 rings (SSSR count). The van der Waals surface area contributed by atoms with Crippen molar-refractivity contribution in [2.45, 2.75) is 0 Å². The van der Waals surface area contributed by atoms with E-state index in [2.05, 4.69) is 37.9 Å². The van der Waals surface area contributed by atoms with Crippen LogP contribution in [-0.2, 0) is 4.74 Å². The quantitative estimate of drug-likeness (QED) is 0.151. The predicted molar refractivity (Wildman–Crippen MR) is 97.9 cm³/mol. The summed E-state index contributed by atoms with van der Waals surface area (Å²) in [5.41, 5.74) is 7.49. The van der Waals surface area contributed by atoms with E-state index in [1.165, 1.54) is 12.3 Å². The highest BCUT2D eigenvalue weighted by molar-refractivity contribution is 9.10. The van der Waals surface area contributed by atoms with Gasteiger partial charge in [0.1, 0.15) is 24.5 Å². The molecule has 1 aliphatic rings. The molecule has 0 saturated carbocycles. The Labute approximate surface area is 153 Å². The highest BCUT2D eigenvalue weighted by Gasteiger charge is 2.31. The molecule has 0 radical (unpaired) electrons. The summed E-state index contributed by atoms with van der Waals surface area (Å²) in [6.07, 6.45) is 1.47. The highest BCUT2D eigenvalue weighted by atomic mass is 79.9. The molecule has 1 saturated heterocycles. The standard InChI is InChI=1S/C15H19BrN6O3/c1-21(24)12-3-4-13(16)19-14(12)20-15(23)22-8-10(7-17)11(9-22)18-5-6-25-2/h3-4,7H,1,5-6,8-9,17H2,2H3,(H,19,20,23)/p+1. The molecular weight excluding hydrogens is 392 g/mol. The molecule has 9 nitrogen and oxygen atoms in total. The number of aromatic nitrogens is 1. The van der Waals surface area contributed by atoms with Crippen LogP contribution in [0.2, 0.25) is 0 Å². The molecule has 1 aliphatic heterocycles. The number of urea groups is 1. The first-order chi connectivity index (χ1) is 12.0. The van der Waals surface area contributed by atoms with E-state index in [9.17, 15) is 10.0 Å². The molecule has 2 amide bonds. The number of pyridine rings is 1. The molecule has 1 aromatic rings. The average Bonchev–Trinajstić information content (AvgIpc) is 2.98. The Balaban J connectivity index is 2.13. The van der Waals surface area contributed by atoms with E-state index >= 15 is 0 Å². The van der Waals surface area contributed by atoms with E-state index in [1.54, 1.807) is 18.1 Å². The molecular formula is C15H20BrN6O3+. The van der Waals surface area contributed by atoms with Gasteiger partial charge in [-0.15, -0.1) is 0 Å². The van der Waals surface area contributed by atoms with Crippen LogP contribution in [0.5, 0.6) is 0 Å². The summed E-state index contributed by atoms with van der Waals surface area (Å²) in [5, 5.41) is 14.1. The van der Waals surface area contributed by atoms with Crippen LogP contribution in [0.15, 0.2) is 28.5 Å². The maximum atomic E-state index is 12.5. The largest absolute Gasteiger partial charge is 0.619 e. The van der Waals surface area contributed by atoms with Gasteiger partial charge in [-0.1, -0.05) is 0 Å². The second-order valence-electron chi connectivity index (χ2n) is 5.26. The molecule has 1 aromatic heterocycles. The van der Waals surface area contributed by atoms with E-state index in [1.807, 2.05) is 0 Å². The number of rotatable bonds is 5. The van der Waals surface area contributed by atoms with Crippen LogP contribution in [0.25, 0.3) is 0 Å². The maximum Gasteiger partial charge on any atom is 0.324 e. The number of hydrogen-bond acceptors (Lipinski definition) is 5. The molecule has 0 aromatic carbocycles. The summed E-state index contributed by atoms with van der Waals surface area (Å²) in [6.45, 7) is 5.17. The monoisotopic (exact) mass is 411 g/mol. The van der Waals surface area contributed by atoms with Crippen molar-refractivity contribution < 1.29 is 19.3 Å². The van der Waals surface area contributed by atoms with Crippen molar-refractivity contribution in [1.82, 2.24) is 9.88 Å². The topological polar surface area (TPSA) is 121 Å². The second-order valence-corrected chi connectivity index (χ2v) is 6.07. The van der Waals surface area contributed by atoms with E-state index in [0.29, 0.717) is 35.6 Å². The van der Waals surface area contributed by atoms with Gasteiger partial charge in [0.25, 0.3) is 5.69 Å². The van der Waals surface area contributed by atoms with Crippen LogP contribution in [0, 0.1) is 5.21 Å². The third-order valence-corrected chi connectivity index (χ3v) is 4.01. The highest BCUT2D eigenvalue weighted by Crippen LogP contribution is 2.24. The van der Waals surface area contributed by atoms with Gasteiger partial charge in [-0.25, -0.2) is 14.8 Å². The summed E-state index contributed by atoms with van der Waals surface area (Å²) in [5.74, 6) is 0.128. The van der Waals surface area contributed by atoms with Crippen LogP contribution in [0.1, 0.15) is 0 Å². The van der Waals surface area contributed by atoms with Crippen molar-refractivity contribution >= 4 is 45.9 Å². The summed E-state index contributed by atoms with van der Waals surface area (Å²) in [4.78, 5) is 21.4. The molecule has 4 N–H and O–H groups in total. The van der Waals surface area contributed by atoms with Gasteiger partial charge in [0.05, 0.1) is 12.1 Å². The van der Waals surface area contributed by atoms with Crippen molar-refractivity contribution in [3.05, 3.63) is 33.7 Å². The van der Waals surface area contributed by atoms with E-state index in [-0.39, 0.29) is 11.5 Å². The molecule has 2 heterocycles. The molecule has 1 fully saturated rings. The van der Waals surface area contributed by atoms with E-state index in [0.717, 1.165) is 11.3 Å². The van der Waals surface area contributed by atoms with Crippen molar-refractivity contribution in [2.24, 2.45) is 5.73 Å². The van der Waals surface area contributed by atoms with Gasteiger partial charge >= 0.3 is 6.03 Å². The summed E-state index contributed by atoms with van der Waals surface area (Å²) < 4.78 is 5.89. The minimum atomic E-state index is -0.392. The molecule has 134 valence electrons. The lowest BCUT2D eigenvalue weighted by molar-refractivity contribution is -0.460. The van der Waals surface area contributed by atoms with Gasteiger partial charge in [0.2, 0.25) is 11.5 Å². The Bertz CT molecular complexity index is 734. The van der Waals surface area contributed by atoms with Crippen LogP contribution < -0.4 is 16.0 Å². The number of carbonyl (C=O) groups is 1. The first-order valence-corrected chi connectivity index (χ1v) is 8.25. The zero-order valence-corrected chi connectivity index (χ0v) is 15.4. The Kier molecular flexibility index (Phi) is 6.48. The summed E-state index contributed by atoms with van der Waals surface area (Å²) in [6, 6.07) is 2.72. The Morgan fingerprint density at radius 1 is 1.64 bits per heavy atom. The number of nitrogens with zero attached hydrogens (tertiary/aromatic N) is 3. The fourth-order valence-corrected chi connectivity index (χ4v) is 2.63. The Hall–Kier alpha value is -2.46. The minimum Gasteiger partial charge on any atom is -0.619 e. The number of amides is 2. The van der Waals surface area contributed by atoms with Gasteiger partial charge in [0.15, 0.2) is 6.54 Å². The van der Waals surface area contributed by atoms with Crippen molar-refractivity contribution in [1.29, 1.82) is 0 Å². The number of anilines is 1. The summed E-state index contributed by atoms with van der Waals surface area (Å²) >= 11 is 3.22. The number of halogens is 1. The lowest BCUT2D eigenvalue weighted by atomic mass is 10.2. The number of hydrogen-bond donors (Lipinski definition) is 3. The van der Waals surface area contributed by atoms with Gasteiger partial charge < -0.3 is 20.6 Å². The number of carbonyl (C=O) groups excluding carboxylic acids is 1. The number of likely N-dealkylation sites (tertiary alicyclic amines) is 1. The normalized spacial score (nSPS) is 17.3. The SMILES string of the molecule is C=[N+]([O-])c1ccc(Br)nc1NC(=O)N1CC(=CN)C(=[NH+]CCOC)C1. The molecule has 0 bridgehead atoms. The molecule has 0 atom stereocenters. The zero-order chi connectivity index (χ0) is 18.4. The first kappa shape index (κ1) is 18.9. The zero-order valence-electron chi connectivity index (χ0n) is 13.8. The second kappa shape index (κ2) is 8.58. The van der Waals surface area contributed by atoms with Crippen LogP contribution in [0.4, 0.5) is 16.3 Å². The lowest BCUT2D eigenvalue weighted by Gasteiger charge is -2.15. The average molecular weight is 412 g/mol. The van der Waals surface area contributed by atoms with Crippen LogP contribution in [0.3, 0.4) is 0 Å². The maximum absolute atomic E-state index is 12.5. The van der Waals surface area contributed by atoms with Gasteiger partial charge in [-0.05, 0) is 22.0 Å². The molecule has 0 unspecified atom stereocenters. The molecule has 0 aliphatic carbocycles. The van der Waals surface area contributed by atoms with Crippen molar-refractivity contribution in [3.63, 3.8) is 0 Å². The van der Waals surface area contributed by atoms with Crippen molar-refractivity contribution in [2.75, 3.05) is 38.7 Å².